The molecule has 0 unspecified atom stereocenters. The van der Waals surface area contributed by atoms with Gasteiger partial charge in [-0.3, -0.25) is 20.6 Å². The number of hydrogen-bond donors (Lipinski definition) is 2. The van der Waals surface area contributed by atoms with Gasteiger partial charge in [-0.25, -0.2) is 0 Å². The van der Waals surface area contributed by atoms with Crippen molar-refractivity contribution in [1.29, 1.82) is 0 Å². The lowest BCUT2D eigenvalue weighted by molar-refractivity contribution is 0.0962. The molecule has 0 aliphatic rings. The molecule has 1 heterocycles. The summed E-state index contributed by atoms with van der Waals surface area (Å²) < 4.78 is 0. The first-order valence-corrected chi connectivity index (χ1v) is 7.18. The van der Waals surface area contributed by atoms with E-state index in [1.165, 1.54) is 0 Å². The molecule has 0 atom stereocenters. The van der Waals surface area contributed by atoms with Crippen LogP contribution in [0.5, 0.6) is 0 Å². The van der Waals surface area contributed by atoms with Gasteiger partial charge >= 0.3 is 0 Å². The molecular weight excluding hydrogens is 298 g/mol. The van der Waals surface area contributed by atoms with E-state index in [1.54, 1.807) is 36.5 Å². The number of carbonyl (C=O) groups excluding carboxylic acids is 1. The van der Waals surface area contributed by atoms with Gasteiger partial charge in [0, 0.05) is 22.2 Å². The highest BCUT2D eigenvalue weighted by atomic mass is 35.5. The number of amides is 1. The number of aryl methyl sites for hydroxylation is 1. The Bertz CT molecular complexity index is 831. The molecule has 2 N–H and O–H groups in total. The van der Waals surface area contributed by atoms with E-state index in [0.29, 0.717) is 10.6 Å². The number of fused-ring (bicyclic) bond motifs is 1. The number of nitrogens with zero attached hydrogens (tertiary/aromatic N) is 1. The number of hydrazine groups is 1. The summed E-state index contributed by atoms with van der Waals surface area (Å²) in [6.07, 6.45) is 1.67. The Morgan fingerprint density at radius 2 is 1.86 bits per heavy atom. The molecule has 0 saturated carbocycles. The summed E-state index contributed by atoms with van der Waals surface area (Å²) in [5.41, 5.74) is 8.87. The molecule has 5 heteroatoms. The summed E-state index contributed by atoms with van der Waals surface area (Å²) in [4.78, 5) is 16.4. The molecule has 4 nitrogen and oxygen atoms in total. The second-order valence-electron chi connectivity index (χ2n) is 4.97. The van der Waals surface area contributed by atoms with Crippen molar-refractivity contribution in [1.82, 2.24) is 10.4 Å². The van der Waals surface area contributed by atoms with Crippen molar-refractivity contribution in [2.45, 2.75) is 6.92 Å². The predicted octanol–water partition coefficient (Wildman–Crippen LogP) is 3.95. The van der Waals surface area contributed by atoms with Crippen molar-refractivity contribution in [3.63, 3.8) is 0 Å². The van der Waals surface area contributed by atoms with Gasteiger partial charge in [0.15, 0.2) is 0 Å². The van der Waals surface area contributed by atoms with Crippen LogP contribution in [-0.4, -0.2) is 10.9 Å². The molecule has 2 aromatic carbocycles. The monoisotopic (exact) mass is 311 g/mol. The Morgan fingerprint density at radius 1 is 1.09 bits per heavy atom. The molecule has 0 radical (unpaired) electrons. The Balaban J connectivity index is 1.79. The van der Waals surface area contributed by atoms with Gasteiger partial charge in [-0.05, 0) is 43.3 Å². The highest BCUT2D eigenvalue weighted by Gasteiger charge is 2.06. The number of rotatable bonds is 3. The minimum absolute atomic E-state index is 0.195. The first kappa shape index (κ1) is 14.4. The van der Waals surface area contributed by atoms with Crippen LogP contribution >= 0.6 is 11.6 Å². The van der Waals surface area contributed by atoms with Gasteiger partial charge in [0.05, 0.1) is 11.2 Å². The largest absolute Gasteiger partial charge is 0.298 e. The molecule has 0 aliphatic carbocycles. The Labute approximate surface area is 133 Å². The van der Waals surface area contributed by atoms with Crippen LogP contribution < -0.4 is 10.9 Å². The van der Waals surface area contributed by atoms with Crippen LogP contribution in [0.2, 0.25) is 5.02 Å². The zero-order valence-corrected chi connectivity index (χ0v) is 12.7. The van der Waals surface area contributed by atoms with Crippen molar-refractivity contribution < 1.29 is 4.79 Å². The van der Waals surface area contributed by atoms with Crippen molar-refractivity contribution in [3.05, 3.63) is 70.9 Å². The van der Waals surface area contributed by atoms with Crippen LogP contribution in [0.15, 0.2) is 54.7 Å². The lowest BCUT2D eigenvalue weighted by Crippen LogP contribution is -2.29. The second-order valence-corrected chi connectivity index (χ2v) is 5.40. The van der Waals surface area contributed by atoms with E-state index < -0.39 is 0 Å². The maximum absolute atomic E-state index is 12.1. The topological polar surface area (TPSA) is 54.0 Å². The lowest BCUT2D eigenvalue weighted by atomic mass is 10.1. The quantitative estimate of drug-likeness (QED) is 0.720. The summed E-state index contributed by atoms with van der Waals surface area (Å²) in [5, 5.41) is 1.51. The zero-order chi connectivity index (χ0) is 15.5. The van der Waals surface area contributed by atoms with Crippen molar-refractivity contribution in [2.24, 2.45) is 0 Å². The van der Waals surface area contributed by atoms with E-state index in [2.05, 4.69) is 15.8 Å². The van der Waals surface area contributed by atoms with Crippen LogP contribution in [-0.2, 0) is 0 Å². The highest BCUT2D eigenvalue weighted by molar-refractivity contribution is 6.31. The molecule has 0 fully saturated rings. The maximum Gasteiger partial charge on any atom is 0.269 e. The number of aromatic nitrogens is 1. The Kier molecular flexibility index (Phi) is 3.94. The van der Waals surface area contributed by atoms with Crippen LogP contribution in [0.4, 0.5) is 5.69 Å². The standard InChI is InChI=1S/C17H14ClN3O/c1-11-2-4-12(5-3-11)17(22)21-20-15-8-9-19-16-10-13(18)6-7-14(15)16/h2-10H,1H3,(H,19,20)(H,21,22). The molecular formula is C17H14ClN3O. The maximum atomic E-state index is 12.1. The number of nitrogens with one attached hydrogen (secondary N) is 2. The van der Waals surface area contributed by atoms with Crippen molar-refractivity contribution in [2.75, 3.05) is 5.43 Å². The molecule has 1 amide bonds. The van der Waals surface area contributed by atoms with Crippen LogP contribution in [0, 0.1) is 6.92 Å². The van der Waals surface area contributed by atoms with E-state index >= 15 is 0 Å². The molecule has 1 aromatic heterocycles. The molecule has 3 aromatic rings. The summed E-state index contributed by atoms with van der Waals surface area (Å²) in [6, 6.07) is 14.6. The SMILES string of the molecule is Cc1ccc(C(=O)NNc2ccnc3cc(Cl)ccc23)cc1. The fourth-order valence-electron chi connectivity index (χ4n) is 2.13. The van der Waals surface area contributed by atoms with E-state index in [9.17, 15) is 4.79 Å². The third-order valence-corrected chi connectivity index (χ3v) is 3.56. The minimum Gasteiger partial charge on any atom is -0.298 e. The number of anilines is 1. The Morgan fingerprint density at radius 3 is 2.64 bits per heavy atom. The average Bonchev–Trinajstić information content (AvgIpc) is 2.52. The molecule has 0 bridgehead atoms. The van der Waals surface area contributed by atoms with Gasteiger partial charge in [0.25, 0.3) is 5.91 Å². The smallest absolute Gasteiger partial charge is 0.269 e. The normalized spacial score (nSPS) is 10.5. The first-order valence-electron chi connectivity index (χ1n) is 6.81. The number of carbonyl (C=O) groups is 1. The minimum atomic E-state index is -0.195. The third kappa shape index (κ3) is 3.02. The second kappa shape index (κ2) is 6.03. The summed E-state index contributed by atoms with van der Waals surface area (Å²) in [7, 11) is 0. The fraction of sp³-hybridized carbons (Fsp3) is 0.0588. The number of halogens is 1. The van der Waals surface area contributed by atoms with Gasteiger partial charge < -0.3 is 0 Å². The molecule has 110 valence electrons. The van der Waals surface area contributed by atoms with Crippen molar-refractivity contribution >= 4 is 34.1 Å². The van der Waals surface area contributed by atoms with Gasteiger partial charge in [-0.1, -0.05) is 29.3 Å². The summed E-state index contributed by atoms with van der Waals surface area (Å²) >= 11 is 5.96. The first-order chi connectivity index (χ1) is 10.6. The number of benzene rings is 2. The highest BCUT2D eigenvalue weighted by Crippen LogP contribution is 2.23. The lowest BCUT2D eigenvalue weighted by Gasteiger charge is -2.11. The molecule has 0 saturated heterocycles. The summed E-state index contributed by atoms with van der Waals surface area (Å²) in [6.45, 7) is 1.98. The summed E-state index contributed by atoms with van der Waals surface area (Å²) in [5.74, 6) is -0.195. The van der Waals surface area contributed by atoms with Crippen LogP contribution in [0.1, 0.15) is 15.9 Å². The van der Waals surface area contributed by atoms with Gasteiger partial charge in [-0.15, -0.1) is 0 Å². The number of hydrogen-bond acceptors (Lipinski definition) is 3. The fourth-order valence-corrected chi connectivity index (χ4v) is 2.30. The van der Waals surface area contributed by atoms with Gasteiger partial charge in [0.1, 0.15) is 0 Å². The van der Waals surface area contributed by atoms with E-state index in [0.717, 1.165) is 22.2 Å². The van der Waals surface area contributed by atoms with Gasteiger partial charge in [0.2, 0.25) is 0 Å². The van der Waals surface area contributed by atoms with Crippen molar-refractivity contribution in [3.8, 4) is 0 Å². The van der Waals surface area contributed by atoms with E-state index in [1.807, 2.05) is 25.1 Å². The van der Waals surface area contributed by atoms with Crippen LogP contribution in [0.3, 0.4) is 0 Å². The van der Waals surface area contributed by atoms with E-state index in [-0.39, 0.29) is 5.91 Å². The molecule has 0 spiro atoms. The molecule has 22 heavy (non-hydrogen) atoms. The predicted molar refractivity (Wildman–Crippen MR) is 89.0 cm³/mol. The van der Waals surface area contributed by atoms with E-state index in [4.69, 9.17) is 11.6 Å². The third-order valence-electron chi connectivity index (χ3n) is 3.33. The number of pyridine rings is 1. The molecule has 3 rings (SSSR count). The van der Waals surface area contributed by atoms with Crippen LogP contribution in [0.25, 0.3) is 10.9 Å². The molecule has 0 aliphatic heterocycles. The zero-order valence-electron chi connectivity index (χ0n) is 11.9. The average molecular weight is 312 g/mol. The Hall–Kier alpha value is -2.59. The van der Waals surface area contributed by atoms with Gasteiger partial charge in [-0.2, -0.15) is 0 Å².